The first-order valence-corrected chi connectivity index (χ1v) is 10.1. The molecule has 0 aromatic carbocycles. The number of hydrogen-bond donors (Lipinski definition) is 0. The summed E-state index contributed by atoms with van der Waals surface area (Å²) in [5, 5.41) is 0. The molecule has 132 valence electrons. The van der Waals surface area contributed by atoms with Gasteiger partial charge in [-0.25, -0.2) is 0 Å². The largest absolute Gasteiger partial charge is 0.390 e. The normalized spacial score (nSPS) is 27.6. The van der Waals surface area contributed by atoms with Crippen LogP contribution in [0.5, 0.6) is 0 Å². The molecule has 3 aliphatic rings. The Labute approximate surface area is 150 Å². The number of unbranched alkanes of at least 4 members (excludes halogenated alkanes) is 2. The summed E-state index contributed by atoms with van der Waals surface area (Å²) in [6.07, 6.45) is 13.0. The molecule has 1 saturated heterocycles. The van der Waals surface area contributed by atoms with Crippen molar-refractivity contribution in [3.63, 3.8) is 0 Å². The van der Waals surface area contributed by atoms with E-state index in [1.807, 2.05) is 0 Å². The third-order valence-electron chi connectivity index (χ3n) is 6.65. The zero-order chi connectivity index (χ0) is 17.5. The van der Waals surface area contributed by atoms with Gasteiger partial charge >= 0.3 is 6.98 Å². The molecule has 1 aliphatic carbocycles. The van der Waals surface area contributed by atoms with Gasteiger partial charge in [-0.15, -0.1) is 0 Å². The van der Waals surface area contributed by atoms with Crippen LogP contribution in [0.3, 0.4) is 0 Å². The van der Waals surface area contributed by atoms with Crippen molar-refractivity contribution >= 4 is 14.0 Å². The molecular weight excluding hydrogens is 292 g/mol. The molecule has 3 rings (SSSR count). The first-order valence-electron chi connectivity index (χ1n) is 10.1. The second-order valence-corrected chi connectivity index (χ2v) is 8.53. The predicted octanol–water partition coefficient (Wildman–Crippen LogP) is 4.32. The summed E-state index contributed by atoms with van der Waals surface area (Å²) in [5.74, 6) is 0. The van der Waals surface area contributed by atoms with Gasteiger partial charge in [-0.05, 0) is 44.8 Å². The lowest BCUT2D eigenvalue weighted by atomic mass is 9.55. The Kier molecular flexibility index (Phi) is 5.22. The Hall–Kier alpha value is -0.670. The molecule has 1 fully saturated rings. The van der Waals surface area contributed by atoms with E-state index in [2.05, 4.69) is 68.0 Å². The highest BCUT2D eigenvalue weighted by Crippen LogP contribution is 2.50. The van der Waals surface area contributed by atoms with E-state index in [1.165, 1.54) is 45.1 Å². The van der Waals surface area contributed by atoms with Crippen LogP contribution in [-0.4, -0.2) is 48.1 Å². The van der Waals surface area contributed by atoms with Crippen molar-refractivity contribution in [3.05, 3.63) is 23.4 Å². The molecule has 1 atom stereocenters. The number of allylic oxidation sites excluding steroid dienone is 3. The molecule has 3 nitrogen and oxygen atoms in total. The van der Waals surface area contributed by atoms with Gasteiger partial charge in [0.25, 0.3) is 6.98 Å². The lowest BCUT2D eigenvalue weighted by Crippen LogP contribution is -2.73. The highest BCUT2D eigenvalue weighted by molar-refractivity contribution is 6.70. The van der Waals surface area contributed by atoms with Crippen molar-refractivity contribution in [1.29, 1.82) is 0 Å². The third-order valence-corrected chi connectivity index (χ3v) is 6.65. The Balaban J connectivity index is 1.93. The Morgan fingerprint density at radius 3 is 2.67 bits per heavy atom. The minimum atomic E-state index is 0.197. The third kappa shape index (κ3) is 2.78. The highest BCUT2D eigenvalue weighted by atomic mass is 15.4. The van der Waals surface area contributed by atoms with Crippen LogP contribution in [0.2, 0.25) is 13.6 Å². The Morgan fingerprint density at radius 1 is 1.21 bits per heavy atom. The van der Waals surface area contributed by atoms with Gasteiger partial charge in [-0.2, -0.15) is 0 Å². The quantitative estimate of drug-likeness (QED) is 0.562. The Bertz CT molecular complexity index is 529. The van der Waals surface area contributed by atoms with Crippen LogP contribution >= 0.6 is 0 Å². The van der Waals surface area contributed by atoms with Crippen LogP contribution in [0, 0.1) is 5.41 Å². The fourth-order valence-electron chi connectivity index (χ4n) is 5.27. The molecule has 2 heterocycles. The molecule has 0 amide bonds. The monoisotopic (exact) mass is 327 g/mol. The van der Waals surface area contributed by atoms with Gasteiger partial charge in [0, 0.05) is 11.1 Å². The van der Waals surface area contributed by atoms with Crippen molar-refractivity contribution < 1.29 is 0 Å². The first-order chi connectivity index (χ1) is 11.4. The summed E-state index contributed by atoms with van der Waals surface area (Å²) in [5.41, 5.74) is 3.40. The molecule has 0 N–H and O–H groups in total. The number of fused-ring (bicyclic) bond motifs is 2. The van der Waals surface area contributed by atoms with E-state index in [1.54, 1.807) is 11.3 Å². The zero-order valence-electron chi connectivity index (χ0n) is 16.7. The average Bonchev–Trinajstić information content (AvgIpc) is 2.72. The van der Waals surface area contributed by atoms with Crippen molar-refractivity contribution in [2.24, 2.45) is 5.41 Å². The molecule has 0 aromatic heterocycles. The molecule has 0 saturated carbocycles. The SMILES string of the molecule is CCCCCN1B(C)N(C)C2N(B1C)C1=C(C=CCCC1)C2(C)C. The highest BCUT2D eigenvalue weighted by Gasteiger charge is 2.55. The van der Waals surface area contributed by atoms with Crippen LogP contribution in [-0.2, 0) is 0 Å². The van der Waals surface area contributed by atoms with Crippen molar-refractivity contribution in [2.75, 3.05) is 13.6 Å². The van der Waals surface area contributed by atoms with Crippen LogP contribution < -0.4 is 0 Å². The van der Waals surface area contributed by atoms with E-state index in [9.17, 15) is 0 Å². The van der Waals surface area contributed by atoms with E-state index in [0.717, 1.165) is 0 Å². The molecule has 24 heavy (non-hydrogen) atoms. The van der Waals surface area contributed by atoms with E-state index in [0.29, 0.717) is 20.1 Å². The molecule has 2 aliphatic heterocycles. The van der Waals surface area contributed by atoms with Crippen LogP contribution in [0.4, 0.5) is 0 Å². The molecular formula is C19H35B2N3. The minimum Gasteiger partial charge on any atom is -0.390 e. The molecule has 1 unspecified atom stereocenters. The van der Waals surface area contributed by atoms with Gasteiger partial charge in [0.2, 0.25) is 0 Å². The van der Waals surface area contributed by atoms with Gasteiger partial charge in [0.1, 0.15) is 0 Å². The fourth-order valence-corrected chi connectivity index (χ4v) is 5.27. The number of hydrogen-bond acceptors (Lipinski definition) is 3. The minimum absolute atomic E-state index is 0.197. The lowest BCUT2D eigenvalue weighted by Gasteiger charge is -2.55. The van der Waals surface area contributed by atoms with Crippen molar-refractivity contribution in [3.8, 4) is 0 Å². The molecule has 0 bridgehead atoms. The van der Waals surface area contributed by atoms with Gasteiger partial charge in [-0.1, -0.05) is 59.4 Å². The Morgan fingerprint density at radius 2 is 1.96 bits per heavy atom. The zero-order valence-corrected chi connectivity index (χ0v) is 16.7. The first kappa shape index (κ1) is 18.1. The topological polar surface area (TPSA) is 9.72 Å². The molecule has 0 radical (unpaired) electrons. The van der Waals surface area contributed by atoms with Gasteiger partial charge < -0.3 is 14.3 Å². The summed E-state index contributed by atoms with van der Waals surface area (Å²) in [7, 11) is 2.33. The van der Waals surface area contributed by atoms with E-state index in [-0.39, 0.29) is 5.41 Å². The number of nitrogens with zero attached hydrogens (tertiary/aromatic N) is 3. The smallest absolute Gasteiger partial charge is 0.330 e. The lowest BCUT2D eigenvalue weighted by molar-refractivity contribution is 0.117. The van der Waals surface area contributed by atoms with Gasteiger partial charge in [0.15, 0.2) is 0 Å². The van der Waals surface area contributed by atoms with Gasteiger partial charge in [0.05, 0.1) is 6.17 Å². The van der Waals surface area contributed by atoms with Crippen LogP contribution in [0.1, 0.15) is 59.3 Å². The maximum atomic E-state index is 2.76. The van der Waals surface area contributed by atoms with E-state index < -0.39 is 0 Å². The standard InChI is InChI=1S/C19H35B2N3/c1-7-8-12-15-23-20(4)22(6)18-19(2,3)16-13-10-9-11-14-17(16)24(18)21(23)5/h10,13,18H,7-9,11-12,14-15H2,1-6H3. The van der Waals surface area contributed by atoms with E-state index >= 15 is 0 Å². The predicted molar refractivity (Wildman–Crippen MR) is 107 cm³/mol. The molecule has 0 spiro atoms. The second-order valence-electron chi connectivity index (χ2n) is 8.53. The van der Waals surface area contributed by atoms with Crippen molar-refractivity contribution in [2.45, 2.75) is 79.1 Å². The van der Waals surface area contributed by atoms with Crippen LogP contribution in [0.15, 0.2) is 23.4 Å². The summed E-state index contributed by atoms with van der Waals surface area (Å²) in [4.78, 5) is 5.38. The molecule has 5 heteroatoms. The van der Waals surface area contributed by atoms with E-state index in [4.69, 9.17) is 0 Å². The summed E-state index contributed by atoms with van der Waals surface area (Å²) >= 11 is 0. The fraction of sp³-hybridized carbons (Fsp3) is 0.789. The average molecular weight is 327 g/mol. The second kappa shape index (κ2) is 6.91. The van der Waals surface area contributed by atoms with Crippen LogP contribution in [0.25, 0.3) is 0 Å². The summed E-state index contributed by atoms with van der Waals surface area (Å²) < 4.78 is 2.72. The van der Waals surface area contributed by atoms with Crippen molar-refractivity contribution in [1.82, 2.24) is 14.3 Å². The molecule has 0 aromatic rings. The summed E-state index contributed by atoms with van der Waals surface area (Å²) in [6, 6.07) is 0. The maximum Gasteiger partial charge on any atom is 0.330 e. The maximum absolute atomic E-state index is 2.76. The number of rotatable bonds is 4. The van der Waals surface area contributed by atoms with Gasteiger partial charge in [-0.3, -0.25) is 0 Å². The summed E-state index contributed by atoms with van der Waals surface area (Å²) in [6.45, 7) is 14.2.